The van der Waals surface area contributed by atoms with Crippen LogP contribution in [0.25, 0.3) is 0 Å². The Morgan fingerprint density at radius 2 is 1.78 bits per heavy atom. The van der Waals surface area contributed by atoms with E-state index < -0.39 is 5.60 Å². The number of fused-ring (bicyclic) bond motifs is 1. The first kappa shape index (κ1) is 14.3. The Bertz CT molecular complexity index is 295. The molecule has 2 fully saturated rings. The van der Waals surface area contributed by atoms with Gasteiger partial charge in [-0.1, -0.05) is 20.8 Å². The standard InChI is InChI=1S/C16H30O2/c1-11-5-8-15(2,3)12-6-9-16(4,18)13(7-10-17)14(11)12/h11-14,17-18H,5-10H2,1-4H3/t11?,12-,13+,14-,16+/m0/s1. The molecular weight excluding hydrogens is 224 g/mol. The summed E-state index contributed by atoms with van der Waals surface area (Å²) < 4.78 is 0. The van der Waals surface area contributed by atoms with E-state index in [4.69, 9.17) is 0 Å². The number of aliphatic hydroxyl groups is 2. The minimum absolute atomic E-state index is 0.206. The van der Waals surface area contributed by atoms with E-state index in [1.54, 1.807) is 0 Å². The SMILES string of the molecule is CC1CCC(C)(C)[C@H]2CC[C@@](C)(O)[C@H](CCO)[C@@H]12. The fourth-order valence-electron chi connectivity index (χ4n) is 4.85. The molecule has 2 rings (SSSR count). The Kier molecular flexibility index (Phi) is 3.81. The molecule has 0 aliphatic heterocycles. The molecule has 0 saturated heterocycles. The number of rotatable bonds is 2. The van der Waals surface area contributed by atoms with E-state index in [0.717, 1.165) is 25.2 Å². The molecule has 5 atom stereocenters. The van der Waals surface area contributed by atoms with E-state index in [1.807, 2.05) is 6.92 Å². The van der Waals surface area contributed by atoms with Gasteiger partial charge in [0.2, 0.25) is 0 Å². The predicted molar refractivity (Wildman–Crippen MR) is 74.2 cm³/mol. The van der Waals surface area contributed by atoms with Gasteiger partial charge in [-0.25, -0.2) is 0 Å². The van der Waals surface area contributed by atoms with E-state index in [9.17, 15) is 10.2 Å². The van der Waals surface area contributed by atoms with Crippen molar-refractivity contribution >= 4 is 0 Å². The third-order valence-electron chi connectivity index (χ3n) is 6.03. The van der Waals surface area contributed by atoms with Crippen molar-refractivity contribution in [3.63, 3.8) is 0 Å². The van der Waals surface area contributed by atoms with Crippen LogP contribution in [0.2, 0.25) is 0 Å². The van der Waals surface area contributed by atoms with E-state index in [0.29, 0.717) is 17.3 Å². The van der Waals surface area contributed by atoms with Gasteiger partial charge in [-0.15, -0.1) is 0 Å². The van der Waals surface area contributed by atoms with Gasteiger partial charge in [-0.05, 0) is 68.1 Å². The normalized spacial score (nSPS) is 47.7. The molecule has 0 aromatic rings. The second kappa shape index (κ2) is 4.79. The number of hydrogen-bond donors (Lipinski definition) is 2. The van der Waals surface area contributed by atoms with Crippen molar-refractivity contribution < 1.29 is 10.2 Å². The quantitative estimate of drug-likeness (QED) is 0.794. The molecule has 2 aliphatic rings. The second-order valence-corrected chi connectivity index (χ2v) is 7.70. The summed E-state index contributed by atoms with van der Waals surface area (Å²) in [6, 6.07) is 0. The molecule has 0 bridgehead atoms. The Morgan fingerprint density at radius 3 is 2.39 bits per heavy atom. The lowest BCUT2D eigenvalue weighted by atomic mass is 9.50. The largest absolute Gasteiger partial charge is 0.396 e. The Balaban J connectivity index is 2.29. The zero-order valence-corrected chi connectivity index (χ0v) is 12.4. The van der Waals surface area contributed by atoms with E-state index in [-0.39, 0.29) is 12.5 Å². The highest BCUT2D eigenvalue weighted by atomic mass is 16.3. The minimum Gasteiger partial charge on any atom is -0.396 e. The summed E-state index contributed by atoms with van der Waals surface area (Å²) in [7, 11) is 0. The minimum atomic E-state index is -0.578. The Morgan fingerprint density at radius 1 is 1.11 bits per heavy atom. The summed E-state index contributed by atoms with van der Waals surface area (Å²) in [4.78, 5) is 0. The van der Waals surface area contributed by atoms with Crippen molar-refractivity contribution in [2.75, 3.05) is 6.61 Å². The molecule has 18 heavy (non-hydrogen) atoms. The molecular formula is C16H30O2. The van der Waals surface area contributed by atoms with Crippen molar-refractivity contribution in [1.29, 1.82) is 0 Å². The van der Waals surface area contributed by atoms with Crippen molar-refractivity contribution in [2.24, 2.45) is 29.1 Å². The van der Waals surface area contributed by atoms with Gasteiger partial charge in [-0.2, -0.15) is 0 Å². The summed E-state index contributed by atoms with van der Waals surface area (Å²) in [5, 5.41) is 20.0. The molecule has 106 valence electrons. The van der Waals surface area contributed by atoms with Crippen LogP contribution in [0.1, 0.15) is 59.8 Å². The van der Waals surface area contributed by atoms with Crippen LogP contribution >= 0.6 is 0 Å². The van der Waals surface area contributed by atoms with Gasteiger partial charge in [0.1, 0.15) is 0 Å². The number of hydrogen-bond acceptors (Lipinski definition) is 2. The molecule has 2 aliphatic carbocycles. The van der Waals surface area contributed by atoms with Gasteiger partial charge in [0, 0.05) is 6.61 Å². The van der Waals surface area contributed by atoms with Crippen LogP contribution in [-0.4, -0.2) is 22.4 Å². The van der Waals surface area contributed by atoms with Crippen LogP contribution in [0.15, 0.2) is 0 Å². The maximum Gasteiger partial charge on any atom is 0.0651 e. The summed E-state index contributed by atoms with van der Waals surface area (Å²) in [6.45, 7) is 9.33. The van der Waals surface area contributed by atoms with Crippen LogP contribution in [0.3, 0.4) is 0 Å². The smallest absolute Gasteiger partial charge is 0.0651 e. The maximum absolute atomic E-state index is 10.7. The average Bonchev–Trinajstić information content (AvgIpc) is 2.27. The van der Waals surface area contributed by atoms with Crippen molar-refractivity contribution in [1.82, 2.24) is 0 Å². The summed E-state index contributed by atoms with van der Waals surface area (Å²) >= 11 is 0. The van der Waals surface area contributed by atoms with Gasteiger partial charge >= 0.3 is 0 Å². The molecule has 2 nitrogen and oxygen atoms in total. The van der Waals surface area contributed by atoms with Crippen molar-refractivity contribution in [3.8, 4) is 0 Å². The molecule has 2 heteroatoms. The van der Waals surface area contributed by atoms with Gasteiger partial charge in [0.15, 0.2) is 0 Å². The first-order valence-electron chi connectivity index (χ1n) is 7.63. The topological polar surface area (TPSA) is 40.5 Å². The first-order chi connectivity index (χ1) is 8.29. The summed E-state index contributed by atoms with van der Waals surface area (Å²) in [5.74, 6) is 2.27. The molecule has 0 radical (unpaired) electrons. The number of aliphatic hydroxyl groups excluding tert-OH is 1. The lowest BCUT2D eigenvalue weighted by Crippen LogP contribution is -2.54. The third kappa shape index (κ3) is 2.34. The van der Waals surface area contributed by atoms with Crippen LogP contribution in [-0.2, 0) is 0 Å². The first-order valence-corrected chi connectivity index (χ1v) is 7.63. The molecule has 0 amide bonds. The highest BCUT2D eigenvalue weighted by Crippen LogP contribution is 2.57. The van der Waals surface area contributed by atoms with Crippen LogP contribution in [0.5, 0.6) is 0 Å². The van der Waals surface area contributed by atoms with E-state index in [1.165, 1.54) is 12.8 Å². The molecule has 2 N–H and O–H groups in total. The molecule has 0 aromatic heterocycles. The van der Waals surface area contributed by atoms with Crippen molar-refractivity contribution in [3.05, 3.63) is 0 Å². The lowest BCUT2D eigenvalue weighted by molar-refractivity contribution is -0.140. The van der Waals surface area contributed by atoms with Gasteiger partial charge in [-0.3, -0.25) is 0 Å². The average molecular weight is 254 g/mol. The van der Waals surface area contributed by atoms with Gasteiger partial charge in [0.05, 0.1) is 5.60 Å². The fraction of sp³-hybridized carbons (Fsp3) is 1.00. The highest BCUT2D eigenvalue weighted by molar-refractivity contribution is 5.02. The fourth-order valence-corrected chi connectivity index (χ4v) is 4.85. The molecule has 1 unspecified atom stereocenters. The molecule has 0 heterocycles. The Hall–Kier alpha value is -0.0800. The summed E-state index contributed by atoms with van der Waals surface area (Å²) in [5.41, 5.74) is -0.174. The maximum atomic E-state index is 10.7. The van der Waals surface area contributed by atoms with Crippen molar-refractivity contribution in [2.45, 2.75) is 65.4 Å². The van der Waals surface area contributed by atoms with E-state index >= 15 is 0 Å². The van der Waals surface area contributed by atoms with Crippen LogP contribution in [0.4, 0.5) is 0 Å². The monoisotopic (exact) mass is 254 g/mol. The lowest BCUT2D eigenvalue weighted by Gasteiger charge is -2.57. The zero-order valence-electron chi connectivity index (χ0n) is 12.4. The summed E-state index contributed by atoms with van der Waals surface area (Å²) in [6.07, 6.45) is 5.38. The van der Waals surface area contributed by atoms with Crippen LogP contribution in [0, 0.1) is 29.1 Å². The van der Waals surface area contributed by atoms with Gasteiger partial charge < -0.3 is 10.2 Å². The Labute approximate surface area is 112 Å². The molecule has 0 aromatic carbocycles. The highest BCUT2D eigenvalue weighted by Gasteiger charge is 2.52. The van der Waals surface area contributed by atoms with E-state index in [2.05, 4.69) is 20.8 Å². The molecule has 0 spiro atoms. The zero-order chi connectivity index (χ0) is 13.6. The van der Waals surface area contributed by atoms with Crippen LogP contribution < -0.4 is 0 Å². The second-order valence-electron chi connectivity index (χ2n) is 7.70. The predicted octanol–water partition coefficient (Wildman–Crippen LogP) is 3.22. The third-order valence-corrected chi connectivity index (χ3v) is 6.03. The van der Waals surface area contributed by atoms with Gasteiger partial charge in [0.25, 0.3) is 0 Å². The molecule has 2 saturated carbocycles.